The summed E-state index contributed by atoms with van der Waals surface area (Å²) in [6.45, 7) is 3.34. The molecule has 0 aliphatic carbocycles. The minimum Gasteiger partial charge on any atom is -0.460 e. The fourth-order valence-electron chi connectivity index (χ4n) is 1.66. The second-order valence-corrected chi connectivity index (χ2v) is 4.22. The van der Waals surface area contributed by atoms with Gasteiger partial charge in [-0.2, -0.15) is 0 Å². The Hall–Kier alpha value is -2.08. The van der Waals surface area contributed by atoms with Crippen molar-refractivity contribution in [3.8, 4) is 11.8 Å². The van der Waals surface area contributed by atoms with Gasteiger partial charge in [0.15, 0.2) is 0 Å². The lowest BCUT2D eigenvalue weighted by Gasteiger charge is -2.12. The van der Waals surface area contributed by atoms with E-state index in [0.29, 0.717) is 12.8 Å². The predicted molar refractivity (Wildman–Crippen MR) is 73.1 cm³/mol. The molecule has 0 radical (unpaired) electrons. The molecule has 1 unspecified atom stereocenters. The Bertz CT molecular complexity index is 480. The summed E-state index contributed by atoms with van der Waals surface area (Å²) in [5.41, 5.74) is 0.909. The van der Waals surface area contributed by atoms with Crippen molar-refractivity contribution in [2.75, 3.05) is 0 Å². The highest BCUT2D eigenvalue weighted by Gasteiger charge is 2.24. The molecule has 1 aromatic carbocycles. The molecule has 0 saturated heterocycles. The van der Waals surface area contributed by atoms with Gasteiger partial charge in [0.2, 0.25) is 0 Å². The Balaban J connectivity index is 2.52. The monoisotopic (exact) mass is 258 g/mol. The number of ketones is 1. The van der Waals surface area contributed by atoms with E-state index in [0.717, 1.165) is 5.56 Å². The molecule has 0 aliphatic heterocycles. The number of Topliss-reactive ketones (excluding diaryl/α,β-unsaturated/α-hetero) is 1. The average molecular weight is 258 g/mol. The summed E-state index contributed by atoms with van der Waals surface area (Å²) in [5, 5.41) is 0. The van der Waals surface area contributed by atoms with Crippen LogP contribution in [-0.2, 0) is 20.9 Å². The molecule has 0 heterocycles. The third-order valence-electron chi connectivity index (χ3n) is 2.73. The molecule has 1 atom stereocenters. The maximum atomic E-state index is 11.9. The van der Waals surface area contributed by atoms with Crippen molar-refractivity contribution < 1.29 is 14.3 Å². The molecule has 0 aliphatic rings. The van der Waals surface area contributed by atoms with Crippen molar-refractivity contribution in [2.24, 2.45) is 5.92 Å². The van der Waals surface area contributed by atoms with Crippen LogP contribution in [0.25, 0.3) is 0 Å². The Morgan fingerprint density at radius 2 is 1.95 bits per heavy atom. The van der Waals surface area contributed by atoms with Crippen LogP contribution >= 0.6 is 0 Å². The second-order valence-electron chi connectivity index (χ2n) is 4.22. The quantitative estimate of drug-likeness (QED) is 0.447. The number of carbonyl (C=O) groups excluding carboxylic acids is 2. The lowest BCUT2D eigenvalue weighted by atomic mass is 9.99. The maximum absolute atomic E-state index is 11.9. The molecule has 19 heavy (non-hydrogen) atoms. The fraction of sp³-hybridized carbons (Fsp3) is 0.375. The number of carbonyl (C=O) groups is 2. The predicted octanol–water partition coefficient (Wildman–Crippen LogP) is 2.74. The minimum atomic E-state index is -0.704. The van der Waals surface area contributed by atoms with Gasteiger partial charge in [-0.3, -0.25) is 9.59 Å². The summed E-state index contributed by atoms with van der Waals surface area (Å²) in [6.07, 6.45) is 0.949. The lowest BCUT2D eigenvalue weighted by Crippen LogP contribution is -2.24. The summed E-state index contributed by atoms with van der Waals surface area (Å²) >= 11 is 0. The van der Waals surface area contributed by atoms with E-state index in [9.17, 15) is 9.59 Å². The molecule has 0 fully saturated rings. The van der Waals surface area contributed by atoms with E-state index in [1.54, 1.807) is 6.92 Å². The zero-order valence-corrected chi connectivity index (χ0v) is 11.3. The van der Waals surface area contributed by atoms with Gasteiger partial charge in [-0.1, -0.05) is 30.3 Å². The third-order valence-corrected chi connectivity index (χ3v) is 2.73. The largest absolute Gasteiger partial charge is 0.460 e. The summed E-state index contributed by atoms with van der Waals surface area (Å²) in [7, 11) is 0. The standard InChI is InChI=1S/C16H18O3/c1-3-4-6-11-15(13(2)17)16(18)19-12-14-9-7-5-8-10-14/h5,7-10,15H,6,11-12H2,1-2H3. The van der Waals surface area contributed by atoms with Crippen LogP contribution in [-0.4, -0.2) is 11.8 Å². The van der Waals surface area contributed by atoms with E-state index < -0.39 is 11.9 Å². The molecule has 1 aromatic rings. The van der Waals surface area contributed by atoms with Gasteiger partial charge in [0.05, 0.1) is 0 Å². The zero-order valence-electron chi connectivity index (χ0n) is 11.3. The SMILES string of the molecule is CC#CCCC(C(C)=O)C(=O)OCc1ccccc1. The Kier molecular flexibility index (Phi) is 6.38. The Morgan fingerprint density at radius 1 is 1.26 bits per heavy atom. The van der Waals surface area contributed by atoms with Crippen LogP contribution in [0.5, 0.6) is 0 Å². The molecule has 1 rings (SSSR count). The highest BCUT2D eigenvalue weighted by Crippen LogP contribution is 2.12. The van der Waals surface area contributed by atoms with Gasteiger partial charge in [-0.15, -0.1) is 11.8 Å². The fourth-order valence-corrected chi connectivity index (χ4v) is 1.66. The van der Waals surface area contributed by atoms with E-state index in [1.165, 1.54) is 6.92 Å². The summed E-state index contributed by atoms with van der Waals surface area (Å²) in [5.74, 6) is 4.26. The van der Waals surface area contributed by atoms with Gasteiger partial charge < -0.3 is 4.74 Å². The first-order valence-corrected chi connectivity index (χ1v) is 6.25. The molecule has 3 heteroatoms. The van der Waals surface area contributed by atoms with Crippen LogP contribution in [0.15, 0.2) is 30.3 Å². The number of esters is 1. The van der Waals surface area contributed by atoms with Crippen LogP contribution in [0.2, 0.25) is 0 Å². The van der Waals surface area contributed by atoms with Gasteiger partial charge in [0.1, 0.15) is 18.3 Å². The third kappa shape index (κ3) is 5.39. The summed E-state index contributed by atoms with van der Waals surface area (Å²) in [6, 6.07) is 9.40. The van der Waals surface area contributed by atoms with Crippen LogP contribution in [0.4, 0.5) is 0 Å². The first-order chi connectivity index (χ1) is 9.15. The maximum Gasteiger partial charge on any atom is 0.316 e. The number of rotatable bonds is 6. The van der Waals surface area contributed by atoms with E-state index in [1.807, 2.05) is 30.3 Å². The molecular weight excluding hydrogens is 240 g/mol. The molecule has 0 spiro atoms. The second kappa shape index (κ2) is 8.10. The van der Waals surface area contributed by atoms with Crippen molar-refractivity contribution in [3.05, 3.63) is 35.9 Å². The topological polar surface area (TPSA) is 43.4 Å². The normalized spacial score (nSPS) is 11.1. The number of hydrogen-bond acceptors (Lipinski definition) is 3. The van der Waals surface area contributed by atoms with Gasteiger partial charge in [0.25, 0.3) is 0 Å². The van der Waals surface area contributed by atoms with Crippen LogP contribution < -0.4 is 0 Å². The van der Waals surface area contributed by atoms with Gasteiger partial charge in [-0.05, 0) is 25.8 Å². The number of hydrogen-bond donors (Lipinski definition) is 0. The molecule has 0 N–H and O–H groups in total. The first-order valence-electron chi connectivity index (χ1n) is 6.25. The minimum absolute atomic E-state index is 0.170. The van der Waals surface area contributed by atoms with Crippen LogP contribution in [0.3, 0.4) is 0 Å². The van der Waals surface area contributed by atoms with E-state index in [2.05, 4.69) is 11.8 Å². The Morgan fingerprint density at radius 3 is 2.53 bits per heavy atom. The van der Waals surface area contributed by atoms with Gasteiger partial charge in [0, 0.05) is 6.42 Å². The van der Waals surface area contributed by atoms with Crippen molar-refractivity contribution in [1.82, 2.24) is 0 Å². The molecule has 100 valence electrons. The Labute approximate surface area is 114 Å². The van der Waals surface area contributed by atoms with Crippen molar-refractivity contribution >= 4 is 11.8 Å². The molecule has 0 aromatic heterocycles. The van der Waals surface area contributed by atoms with Gasteiger partial charge in [-0.25, -0.2) is 0 Å². The van der Waals surface area contributed by atoms with Crippen LogP contribution in [0.1, 0.15) is 32.3 Å². The highest BCUT2D eigenvalue weighted by molar-refractivity contribution is 5.97. The smallest absolute Gasteiger partial charge is 0.316 e. The van der Waals surface area contributed by atoms with Crippen molar-refractivity contribution in [1.29, 1.82) is 0 Å². The van der Waals surface area contributed by atoms with Gasteiger partial charge >= 0.3 is 5.97 Å². The first kappa shape index (κ1) is 15.0. The molecular formula is C16H18O3. The highest BCUT2D eigenvalue weighted by atomic mass is 16.5. The molecule has 0 amide bonds. The number of ether oxygens (including phenoxy) is 1. The lowest BCUT2D eigenvalue weighted by molar-refractivity contribution is -0.153. The summed E-state index contributed by atoms with van der Waals surface area (Å²) < 4.78 is 5.17. The van der Waals surface area contributed by atoms with Crippen LogP contribution in [0, 0.1) is 17.8 Å². The average Bonchev–Trinajstić information content (AvgIpc) is 2.42. The van der Waals surface area contributed by atoms with Crippen molar-refractivity contribution in [2.45, 2.75) is 33.3 Å². The van der Waals surface area contributed by atoms with Crippen molar-refractivity contribution in [3.63, 3.8) is 0 Å². The summed E-state index contributed by atoms with van der Waals surface area (Å²) in [4.78, 5) is 23.3. The molecule has 3 nitrogen and oxygen atoms in total. The zero-order chi connectivity index (χ0) is 14.1. The van der Waals surface area contributed by atoms with E-state index in [4.69, 9.17) is 4.74 Å². The molecule has 0 bridgehead atoms. The molecule has 0 saturated carbocycles. The van der Waals surface area contributed by atoms with E-state index >= 15 is 0 Å². The van der Waals surface area contributed by atoms with E-state index in [-0.39, 0.29) is 12.4 Å². The number of benzene rings is 1.